The summed E-state index contributed by atoms with van der Waals surface area (Å²) >= 11 is 0. The molecule has 0 saturated heterocycles. The Hall–Kier alpha value is -3.21. The Labute approximate surface area is 165 Å². The molecule has 5 heteroatoms. The average molecular weight is 380 g/mol. The molecule has 1 aromatic carbocycles. The molecule has 0 atom stereocenters. The summed E-state index contributed by atoms with van der Waals surface area (Å²) in [7, 11) is 0. The first kappa shape index (κ1) is 21.1. The summed E-state index contributed by atoms with van der Waals surface area (Å²) in [6, 6.07) is 12.9. The van der Waals surface area contributed by atoms with Crippen LogP contribution in [0.2, 0.25) is 0 Å². The van der Waals surface area contributed by atoms with Crippen LogP contribution in [0, 0.1) is 0 Å². The van der Waals surface area contributed by atoms with Gasteiger partial charge in [-0.2, -0.15) is 0 Å². The lowest BCUT2D eigenvalue weighted by Crippen LogP contribution is -2.32. The van der Waals surface area contributed by atoms with Gasteiger partial charge in [0.1, 0.15) is 12.3 Å². The molecule has 0 N–H and O–H groups in total. The second-order valence-corrected chi connectivity index (χ2v) is 6.22. The highest BCUT2D eigenvalue weighted by atomic mass is 16.5. The molecule has 0 aliphatic carbocycles. The predicted molar refractivity (Wildman–Crippen MR) is 107 cm³/mol. The van der Waals surface area contributed by atoms with E-state index in [2.05, 4.69) is 23.5 Å². The molecule has 1 heterocycles. The quantitative estimate of drug-likeness (QED) is 0.195. The number of ether oxygens (including phenoxy) is 2. The normalized spacial score (nSPS) is 10.6. The Morgan fingerprint density at radius 2 is 1.64 bits per heavy atom. The zero-order chi connectivity index (χ0) is 20.0. The van der Waals surface area contributed by atoms with E-state index in [9.17, 15) is 9.59 Å². The average Bonchev–Trinajstić information content (AvgIpc) is 2.73. The third-order valence-electron chi connectivity index (χ3n) is 4.01. The summed E-state index contributed by atoms with van der Waals surface area (Å²) in [4.78, 5) is 22.9. The number of carbonyl (C=O) groups excluding carboxylic acids is 2. The number of pyridine rings is 1. The second-order valence-electron chi connectivity index (χ2n) is 6.22. The molecule has 0 aliphatic rings. The Kier molecular flexibility index (Phi) is 9.21. The summed E-state index contributed by atoms with van der Waals surface area (Å²) < 4.78 is 12.4. The van der Waals surface area contributed by atoms with E-state index in [1.807, 2.05) is 18.2 Å². The van der Waals surface area contributed by atoms with Crippen molar-refractivity contribution in [1.82, 2.24) is 0 Å². The molecule has 5 nitrogen and oxygen atoms in total. The summed E-state index contributed by atoms with van der Waals surface area (Å²) in [5.41, 5.74) is 0.814. The number of rotatable bonds is 11. The summed E-state index contributed by atoms with van der Waals surface area (Å²) in [6.45, 7) is 4.78. The highest BCUT2D eigenvalue weighted by Gasteiger charge is 2.01. The Bertz CT molecular complexity index is 782. The lowest BCUT2D eigenvalue weighted by molar-refractivity contribution is -0.697. The molecule has 0 spiro atoms. The van der Waals surface area contributed by atoms with Gasteiger partial charge in [-0.3, -0.25) is 0 Å². The van der Waals surface area contributed by atoms with Crippen LogP contribution in [-0.2, 0) is 20.9 Å². The topological polar surface area (TPSA) is 56.5 Å². The largest absolute Gasteiger partial charge is 0.463 e. The molecule has 0 amide bonds. The predicted octanol–water partition coefficient (Wildman–Crippen LogP) is 3.88. The third kappa shape index (κ3) is 8.45. The number of hydrogen-bond donors (Lipinski definition) is 0. The van der Waals surface area contributed by atoms with Gasteiger partial charge in [0, 0.05) is 30.7 Å². The van der Waals surface area contributed by atoms with Gasteiger partial charge in [-0.25, -0.2) is 14.2 Å². The Morgan fingerprint density at radius 3 is 2.36 bits per heavy atom. The SMILES string of the molecule is C=CC(=O)Oc1ccc(/C=C/C(=O)OCCCCCC[n+]2ccccc2)cc1. The fourth-order valence-electron chi connectivity index (χ4n) is 2.52. The first-order chi connectivity index (χ1) is 13.7. The molecule has 0 aliphatic heterocycles. The van der Waals surface area contributed by atoms with Crippen LogP contribution in [0.4, 0.5) is 0 Å². The number of carbonyl (C=O) groups is 2. The van der Waals surface area contributed by atoms with Gasteiger partial charge in [0.25, 0.3) is 0 Å². The number of aromatic nitrogens is 1. The van der Waals surface area contributed by atoms with Crippen molar-refractivity contribution in [2.24, 2.45) is 0 Å². The molecule has 0 bridgehead atoms. The molecule has 28 heavy (non-hydrogen) atoms. The first-order valence-electron chi connectivity index (χ1n) is 9.40. The van der Waals surface area contributed by atoms with Gasteiger partial charge in [-0.15, -0.1) is 0 Å². The number of benzene rings is 1. The lowest BCUT2D eigenvalue weighted by Gasteiger charge is -2.02. The van der Waals surface area contributed by atoms with Crippen LogP contribution in [0.25, 0.3) is 6.08 Å². The van der Waals surface area contributed by atoms with Crippen LogP contribution in [0.15, 0.2) is 73.6 Å². The number of hydrogen-bond acceptors (Lipinski definition) is 4. The molecule has 2 aromatic rings. The van der Waals surface area contributed by atoms with Crippen LogP contribution in [0.1, 0.15) is 31.2 Å². The lowest BCUT2D eigenvalue weighted by atomic mass is 10.2. The van der Waals surface area contributed by atoms with Gasteiger partial charge in [-0.05, 0) is 43.0 Å². The van der Waals surface area contributed by atoms with E-state index in [4.69, 9.17) is 9.47 Å². The Balaban J connectivity index is 1.57. The van der Waals surface area contributed by atoms with Crippen molar-refractivity contribution in [3.05, 3.63) is 79.2 Å². The van der Waals surface area contributed by atoms with E-state index in [0.717, 1.165) is 43.9 Å². The van der Waals surface area contributed by atoms with E-state index < -0.39 is 5.97 Å². The molecule has 1 aromatic heterocycles. The fourth-order valence-corrected chi connectivity index (χ4v) is 2.52. The standard InChI is InChI=1S/C23H26NO4/c1-2-22(25)28-21-13-10-20(11-14-21)12-15-23(26)27-19-9-4-3-6-16-24-17-7-5-8-18-24/h2,5,7-8,10-15,17-18H,1,3-4,6,9,16,19H2/q+1/b15-12+. The maximum atomic E-state index is 11.7. The van der Waals surface area contributed by atoms with E-state index in [-0.39, 0.29) is 5.97 Å². The van der Waals surface area contributed by atoms with E-state index in [0.29, 0.717) is 12.4 Å². The maximum Gasteiger partial charge on any atom is 0.335 e. The van der Waals surface area contributed by atoms with Crippen molar-refractivity contribution in [3.63, 3.8) is 0 Å². The second kappa shape index (κ2) is 12.2. The minimum absolute atomic E-state index is 0.359. The minimum Gasteiger partial charge on any atom is -0.463 e. The van der Waals surface area contributed by atoms with Gasteiger partial charge in [0.05, 0.1) is 6.61 Å². The number of nitrogens with zero attached hydrogens (tertiary/aromatic N) is 1. The van der Waals surface area contributed by atoms with Crippen LogP contribution in [-0.4, -0.2) is 18.5 Å². The van der Waals surface area contributed by atoms with Gasteiger partial charge in [0.15, 0.2) is 12.4 Å². The van der Waals surface area contributed by atoms with Crippen molar-refractivity contribution in [2.75, 3.05) is 6.61 Å². The Morgan fingerprint density at radius 1 is 0.929 bits per heavy atom. The van der Waals surface area contributed by atoms with Crippen LogP contribution < -0.4 is 9.30 Å². The van der Waals surface area contributed by atoms with Gasteiger partial charge in [0.2, 0.25) is 0 Å². The summed E-state index contributed by atoms with van der Waals surface area (Å²) in [6.07, 6.45) is 12.4. The molecule has 0 unspecified atom stereocenters. The smallest absolute Gasteiger partial charge is 0.335 e. The van der Waals surface area contributed by atoms with Crippen LogP contribution in [0.5, 0.6) is 5.75 Å². The fraction of sp³-hybridized carbons (Fsp3) is 0.261. The zero-order valence-corrected chi connectivity index (χ0v) is 16.0. The van der Waals surface area contributed by atoms with E-state index >= 15 is 0 Å². The minimum atomic E-state index is -0.509. The van der Waals surface area contributed by atoms with Crippen molar-refractivity contribution in [2.45, 2.75) is 32.2 Å². The zero-order valence-electron chi connectivity index (χ0n) is 16.0. The number of unbranched alkanes of at least 4 members (excludes halogenated alkanes) is 3. The van der Waals surface area contributed by atoms with E-state index in [1.165, 1.54) is 6.08 Å². The van der Waals surface area contributed by atoms with Gasteiger partial charge < -0.3 is 9.47 Å². The van der Waals surface area contributed by atoms with Crippen LogP contribution in [0.3, 0.4) is 0 Å². The first-order valence-corrected chi connectivity index (χ1v) is 9.40. The van der Waals surface area contributed by atoms with E-state index in [1.54, 1.807) is 30.3 Å². The van der Waals surface area contributed by atoms with Crippen molar-refractivity contribution in [1.29, 1.82) is 0 Å². The highest BCUT2D eigenvalue weighted by molar-refractivity contribution is 5.87. The molecule has 0 radical (unpaired) electrons. The van der Waals surface area contributed by atoms with Crippen molar-refractivity contribution < 1.29 is 23.6 Å². The number of esters is 2. The summed E-state index contributed by atoms with van der Waals surface area (Å²) in [5.74, 6) is -0.442. The van der Waals surface area contributed by atoms with Crippen molar-refractivity contribution in [3.8, 4) is 5.75 Å². The van der Waals surface area contributed by atoms with Crippen LogP contribution >= 0.6 is 0 Å². The third-order valence-corrected chi connectivity index (χ3v) is 4.01. The molecule has 146 valence electrons. The monoisotopic (exact) mass is 380 g/mol. The summed E-state index contributed by atoms with van der Waals surface area (Å²) in [5, 5.41) is 0. The molecular weight excluding hydrogens is 354 g/mol. The highest BCUT2D eigenvalue weighted by Crippen LogP contribution is 2.13. The van der Waals surface area contributed by atoms with Gasteiger partial charge >= 0.3 is 11.9 Å². The molecule has 0 fully saturated rings. The molecule has 2 rings (SSSR count). The van der Waals surface area contributed by atoms with Gasteiger partial charge in [-0.1, -0.05) is 24.8 Å². The van der Waals surface area contributed by atoms with Crippen molar-refractivity contribution >= 4 is 18.0 Å². The maximum absolute atomic E-state index is 11.7. The number of aryl methyl sites for hydroxylation is 1. The molecular formula is C23H26NO4+. The molecule has 0 saturated carbocycles.